The van der Waals surface area contributed by atoms with Gasteiger partial charge in [-0.25, -0.2) is 4.98 Å². The van der Waals surface area contributed by atoms with E-state index in [-0.39, 0.29) is 11.5 Å². The van der Waals surface area contributed by atoms with Crippen LogP contribution in [0.25, 0.3) is 10.9 Å². The standard InChI is InChI=1S/C27H24BrI2N3O2/c1-4-17(3)26-32-24-10-9-20(28)13-21(24)27(34)33(26)31-14-19-11-22(29)25(23(30)12-19)35-15-18-7-5-16(2)6-8-18/h5-14,17H,4,15H2,1-3H3/t17-/m1/s1. The highest BCUT2D eigenvalue weighted by molar-refractivity contribution is 14.1. The van der Waals surface area contributed by atoms with Crippen LogP contribution in [0.1, 0.15) is 48.7 Å². The second-order valence-corrected chi connectivity index (χ2v) is 11.6. The molecule has 0 saturated carbocycles. The van der Waals surface area contributed by atoms with Crippen LogP contribution in [0.3, 0.4) is 0 Å². The lowest BCUT2D eigenvalue weighted by Crippen LogP contribution is -2.23. The van der Waals surface area contributed by atoms with E-state index in [9.17, 15) is 4.79 Å². The highest BCUT2D eigenvalue weighted by atomic mass is 127. The first-order valence-electron chi connectivity index (χ1n) is 11.2. The molecular formula is C27H24BrI2N3O2. The van der Waals surface area contributed by atoms with Crippen LogP contribution < -0.4 is 10.3 Å². The highest BCUT2D eigenvalue weighted by Gasteiger charge is 2.16. The number of ether oxygens (including phenoxy) is 1. The fourth-order valence-electron chi connectivity index (χ4n) is 3.54. The minimum absolute atomic E-state index is 0.0886. The van der Waals surface area contributed by atoms with Gasteiger partial charge in [0.05, 0.1) is 24.3 Å². The van der Waals surface area contributed by atoms with E-state index in [1.807, 2.05) is 24.3 Å². The van der Waals surface area contributed by atoms with E-state index >= 15 is 0 Å². The molecule has 1 atom stereocenters. The Labute approximate surface area is 240 Å². The average Bonchev–Trinajstić information content (AvgIpc) is 2.83. The largest absolute Gasteiger partial charge is 0.487 e. The third-order valence-electron chi connectivity index (χ3n) is 5.73. The van der Waals surface area contributed by atoms with E-state index in [2.05, 4.69) is 111 Å². The maximum atomic E-state index is 13.3. The second kappa shape index (κ2) is 11.5. The molecule has 0 unspecified atom stereocenters. The quantitative estimate of drug-likeness (QED) is 0.144. The Kier molecular flexibility index (Phi) is 8.64. The van der Waals surface area contributed by atoms with Crippen LogP contribution in [0.4, 0.5) is 0 Å². The van der Waals surface area contributed by atoms with E-state index in [0.717, 1.165) is 34.9 Å². The van der Waals surface area contributed by atoms with Gasteiger partial charge >= 0.3 is 0 Å². The summed E-state index contributed by atoms with van der Waals surface area (Å²) in [5.74, 6) is 1.59. The summed E-state index contributed by atoms with van der Waals surface area (Å²) < 4.78 is 10.4. The molecule has 0 spiro atoms. The lowest BCUT2D eigenvalue weighted by Gasteiger charge is -2.14. The Bertz CT molecular complexity index is 1440. The highest BCUT2D eigenvalue weighted by Crippen LogP contribution is 2.29. The van der Waals surface area contributed by atoms with E-state index in [1.54, 1.807) is 12.3 Å². The number of aromatic nitrogens is 2. The van der Waals surface area contributed by atoms with Gasteiger partial charge in [-0.1, -0.05) is 59.6 Å². The van der Waals surface area contributed by atoms with Crippen LogP contribution in [-0.4, -0.2) is 15.9 Å². The average molecular weight is 756 g/mol. The number of benzene rings is 3. The fraction of sp³-hybridized carbons (Fsp3) is 0.222. The molecule has 180 valence electrons. The van der Waals surface area contributed by atoms with Gasteiger partial charge in [0.15, 0.2) is 0 Å². The van der Waals surface area contributed by atoms with Crippen LogP contribution in [0.15, 0.2) is 69.0 Å². The molecule has 4 aromatic rings. The van der Waals surface area contributed by atoms with E-state index in [0.29, 0.717) is 23.3 Å². The Morgan fingerprint density at radius 3 is 2.46 bits per heavy atom. The summed E-state index contributed by atoms with van der Waals surface area (Å²) in [6.07, 6.45) is 2.57. The van der Waals surface area contributed by atoms with Crippen molar-refractivity contribution in [3.63, 3.8) is 0 Å². The molecule has 0 radical (unpaired) electrons. The van der Waals surface area contributed by atoms with Gasteiger partial charge in [0, 0.05) is 10.4 Å². The molecule has 5 nitrogen and oxygen atoms in total. The Morgan fingerprint density at radius 1 is 1.11 bits per heavy atom. The van der Waals surface area contributed by atoms with Gasteiger partial charge in [-0.15, -0.1) is 0 Å². The zero-order chi connectivity index (χ0) is 25.1. The predicted octanol–water partition coefficient (Wildman–Crippen LogP) is 7.65. The molecule has 0 aliphatic rings. The van der Waals surface area contributed by atoms with Crippen molar-refractivity contribution < 1.29 is 4.74 Å². The number of nitrogens with zero attached hydrogens (tertiary/aromatic N) is 3. The molecule has 1 heterocycles. The Hall–Kier alpha value is -1.79. The van der Waals surface area contributed by atoms with Gasteiger partial charge < -0.3 is 4.74 Å². The summed E-state index contributed by atoms with van der Waals surface area (Å²) in [5.41, 5.74) is 3.74. The van der Waals surface area contributed by atoms with Crippen molar-refractivity contribution in [2.75, 3.05) is 0 Å². The Morgan fingerprint density at radius 2 is 1.80 bits per heavy atom. The Balaban J connectivity index is 1.66. The van der Waals surface area contributed by atoms with Crippen molar-refractivity contribution in [3.05, 3.63) is 99.1 Å². The monoisotopic (exact) mass is 755 g/mol. The molecule has 0 fully saturated rings. The van der Waals surface area contributed by atoms with Gasteiger partial charge in [-0.3, -0.25) is 4.79 Å². The number of fused-ring (bicyclic) bond motifs is 1. The zero-order valence-electron chi connectivity index (χ0n) is 19.6. The predicted molar refractivity (Wildman–Crippen MR) is 163 cm³/mol. The molecule has 35 heavy (non-hydrogen) atoms. The van der Waals surface area contributed by atoms with Crippen molar-refractivity contribution in [2.45, 2.75) is 39.7 Å². The number of hydrogen-bond acceptors (Lipinski definition) is 4. The summed E-state index contributed by atoms with van der Waals surface area (Å²) in [6.45, 7) is 6.72. The summed E-state index contributed by atoms with van der Waals surface area (Å²) >= 11 is 8.02. The molecule has 0 saturated heterocycles. The second-order valence-electron chi connectivity index (χ2n) is 8.39. The van der Waals surface area contributed by atoms with Crippen molar-refractivity contribution >= 4 is 78.2 Å². The smallest absolute Gasteiger partial charge is 0.282 e. The van der Waals surface area contributed by atoms with Gasteiger partial charge in [-0.05, 0) is 100.0 Å². The topological polar surface area (TPSA) is 56.5 Å². The normalized spacial score (nSPS) is 12.4. The van der Waals surface area contributed by atoms with Gasteiger partial charge in [0.2, 0.25) is 0 Å². The first-order valence-corrected chi connectivity index (χ1v) is 14.2. The van der Waals surface area contributed by atoms with E-state index in [1.165, 1.54) is 10.2 Å². The van der Waals surface area contributed by atoms with Gasteiger partial charge in [-0.2, -0.15) is 9.78 Å². The molecular weight excluding hydrogens is 732 g/mol. The first-order chi connectivity index (χ1) is 16.8. The zero-order valence-corrected chi connectivity index (χ0v) is 25.5. The first kappa shape index (κ1) is 26.3. The molecule has 1 aromatic heterocycles. The van der Waals surface area contributed by atoms with E-state index < -0.39 is 0 Å². The molecule has 0 bridgehead atoms. The lowest BCUT2D eigenvalue weighted by molar-refractivity contribution is 0.301. The maximum absolute atomic E-state index is 13.3. The molecule has 0 aliphatic heterocycles. The van der Waals surface area contributed by atoms with Crippen LogP contribution >= 0.6 is 61.1 Å². The van der Waals surface area contributed by atoms with Crippen LogP contribution in [0.2, 0.25) is 0 Å². The lowest BCUT2D eigenvalue weighted by atomic mass is 10.1. The third kappa shape index (κ3) is 6.14. The molecule has 3 aromatic carbocycles. The summed E-state index contributed by atoms with van der Waals surface area (Å²) in [6, 6.07) is 17.9. The summed E-state index contributed by atoms with van der Waals surface area (Å²) in [7, 11) is 0. The summed E-state index contributed by atoms with van der Waals surface area (Å²) in [4.78, 5) is 18.1. The molecule has 0 aliphatic carbocycles. The van der Waals surface area contributed by atoms with Gasteiger partial charge in [0.1, 0.15) is 18.2 Å². The minimum Gasteiger partial charge on any atom is -0.487 e. The molecule has 0 N–H and O–H groups in total. The SMILES string of the molecule is CC[C@@H](C)c1nc2ccc(Br)cc2c(=O)n1N=Cc1cc(I)c(OCc2ccc(C)cc2)c(I)c1. The number of rotatable bonds is 7. The summed E-state index contributed by atoms with van der Waals surface area (Å²) in [5, 5.41) is 5.13. The van der Waals surface area contributed by atoms with Gasteiger partial charge in [0.25, 0.3) is 5.56 Å². The molecule has 4 rings (SSSR count). The number of hydrogen-bond donors (Lipinski definition) is 0. The van der Waals surface area contributed by atoms with Crippen LogP contribution in [0, 0.1) is 14.1 Å². The van der Waals surface area contributed by atoms with Crippen molar-refractivity contribution in [1.29, 1.82) is 0 Å². The maximum Gasteiger partial charge on any atom is 0.282 e. The van der Waals surface area contributed by atoms with Crippen molar-refractivity contribution in [3.8, 4) is 5.75 Å². The van der Waals surface area contributed by atoms with Crippen molar-refractivity contribution in [1.82, 2.24) is 9.66 Å². The van der Waals surface area contributed by atoms with Crippen LogP contribution in [0.5, 0.6) is 5.75 Å². The minimum atomic E-state index is -0.176. The molecule has 0 amide bonds. The van der Waals surface area contributed by atoms with Crippen LogP contribution in [-0.2, 0) is 6.61 Å². The van der Waals surface area contributed by atoms with Crippen molar-refractivity contribution in [2.24, 2.45) is 5.10 Å². The molecule has 8 heteroatoms. The number of halogens is 3. The fourth-order valence-corrected chi connectivity index (χ4v) is 6.02. The number of aryl methyl sites for hydroxylation is 1. The van der Waals surface area contributed by atoms with E-state index in [4.69, 9.17) is 9.72 Å². The third-order valence-corrected chi connectivity index (χ3v) is 7.83.